The van der Waals surface area contributed by atoms with Crippen LogP contribution in [0.15, 0.2) is 53.3 Å². The van der Waals surface area contributed by atoms with E-state index in [-0.39, 0.29) is 12.1 Å². The van der Waals surface area contributed by atoms with Crippen molar-refractivity contribution in [3.63, 3.8) is 0 Å². The highest BCUT2D eigenvalue weighted by atomic mass is 16.2. The molecule has 28 heavy (non-hydrogen) atoms. The molecule has 1 amide bonds. The predicted octanol–water partition coefficient (Wildman–Crippen LogP) is 2.64. The van der Waals surface area contributed by atoms with E-state index in [1.54, 1.807) is 18.2 Å². The molecule has 0 aliphatic carbocycles. The number of para-hydroxylation sites is 1. The Hall–Kier alpha value is -2.99. The van der Waals surface area contributed by atoms with Gasteiger partial charge in [0.15, 0.2) is 0 Å². The summed E-state index contributed by atoms with van der Waals surface area (Å²) < 4.78 is 1.38. The van der Waals surface area contributed by atoms with E-state index in [1.807, 2.05) is 13.1 Å². The van der Waals surface area contributed by atoms with Crippen molar-refractivity contribution in [3.8, 4) is 0 Å². The maximum atomic E-state index is 12.8. The molecular weight excluding hydrogens is 352 g/mol. The summed E-state index contributed by atoms with van der Waals surface area (Å²) in [5.74, 6) is 0.466. The third-order valence-corrected chi connectivity index (χ3v) is 4.76. The van der Waals surface area contributed by atoms with Gasteiger partial charge in [-0.15, -0.1) is 0 Å². The highest BCUT2D eigenvalue weighted by molar-refractivity contribution is 5.78. The number of carbonyl (C=O) groups excluding carboxylic acids is 1. The Kier molecular flexibility index (Phi) is 5.90. The Morgan fingerprint density at radius 3 is 2.43 bits per heavy atom. The quantitative estimate of drug-likeness (QED) is 0.685. The Morgan fingerprint density at radius 2 is 1.79 bits per heavy atom. The SMILES string of the molecule is CC(C)c1ccc(CN(C)Cc2nc3ccccc3c(=O)n2CC(N)=O)cc1. The van der Waals surface area contributed by atoms with Gasteiger partial charge in [-0.25, -0.2) is 4.98 Å². The van der Waals surface area contributed by atoms with Gasteiger partial charge in [0.1, 0.15) is 12.4 Å². The summed E-state index contributed by atoms with van der Waals surface area (Å²) >= 11 is 0. The smallest absolute Gasteiger partial charge is 0.261 e. The monoisotopic (exact) mass is 378 g/mol. The summed E-state index contributed by atoms with van der Waals surface area (Å²) in [5, 5.41) is 0.486. The number of nitrogens with two attached hydrogens (primary N) is 1. The van der Waals surface area contributed by atoms with Gasteiger partial charge in [0.05, 0.1) is 17.4 Å². The molecule has 0 aliphatic rings. The molecule has 6 nitrogen and oxygen atoms in total. The molecule has 0 spiro atoms. The van der Waals surface area contributed by atoms with Crippen LogP contribution in [0.3, 0.4) is 0 Å². The molecule has 3 aromatic rings. The van der Waals surface area contributed by atoms with E-state index in [1.165, 1.54) is 15.7 Å². The lowest BCUT2D eigenvalue weighted by Crippen LogP contribution is -2.33. The number of nitrogens with zero attached hydrogens (tertiary/aromatic N) is 3. The summed E-state index contributed by atoms with van der Waals surface area (Å²) in [6.07, 6.45) is 0. The van der Waals surface area contributed by atoms with Crippen LogP contribution >= 0.6 is 0 Å². The maximum Gasteiger partial charge on any atom is 0.261 e. The van der Waals surface area contributed by atoms with Gasteiger partial charge < -0.3 is 5.73 Å². The first-order valence-electron chi connectivity index (χ1n) is 9.39. The number of benzene rings is 2. The second kappa shape index (κ2) is 8.35. The molecular formula is C22H26N4O2. The molecule has 1 aromatic heterocycles. The molecule has 0 unspecified atom stereocenters. The average molecular weight is 378 g/mol. The number of amides is 1. The van der Waals surface area contributed by atoms with Crippen LogP contribution in [0.1, 0.15) is 36.7 Å². The molecule has 0 bridgehead atoms. The summed E-state index contributed by atoms with van der Waals surface area (Å²) in [6, 6.07) is 15.7. The van der Waals surface area contributed by atoms with E-state index in [0.717, 1.165) is 0 Å². The van der Waals surface area contributed by atoms with Crippen LogP contribution < -0.4 is 11.3 Å². The first-order chi connectivity index (χ1) is 13.3. The van der Waals surface area contributed by atoms with E-state index in [9.17, 15) is 9.59 Å². The van der Waals surface area contributed by atoms with Gasteiger partial charge in [0.2, 0.25) is 5.91 Å². The van der Waals surface area contributed by atoms with Crippen molar-refractivity contribution >= 4 is 16.8 Å². The molecule has 6 heteroatoms. The van der Waals surface area contributed by atoms with Gasteiger partial charge in [-0.1, -0.05) is 50.2 Å². The van der Waals surface area contributed by atoms with Crippen LogP contribution in [-0.4, -0.2) is 27.4 Å². The van der Waals surface area contributed by atoms with Crippen LogP contribution in [0, 0.1) is 0 Å². The van der Waals surface area contributed by atoms with Gasteiger partial charge in [-0.2, -0.15) is 0 Å². The Bertz CT molecular complexity index is 1040. The number of carbonyl (C=O) groups is 1. The minimum atomic E-state index is -0.563. The summed E-state index contributed by atoms with van der Waals surface area (Å²) in [4.78, 5) is 31.0. The summed E-state index contributed by atoms with van der Waals surface area (Å²) in [7, 11) is 1.96. The first-order valence-corrected chi connectivity index (χ1v) is 9.39. The molecule has 0 saturated heterocycles. The van der Waals surface area contributed by atoms with Crippen LogP contribution in [0.2, 0.25) is 0 Å². The van der Waals surface area contributed by atoms with Gasteiger partial charge >= 0.3 is 0 Å². The number of aromatic nitrogens is 2. The molecule has 146 valence electrons. The molecule has 2 aromatic carbocycles. The molecule has 0 fully saturated rings. The number of primary amides is 1. The predicted molar refractivity (Wildman–Crippen MR) is 111 cm³/mol. The van der Waals surface area contributed by atoms with Crippen molar-refractivity contribution in [2.45, 2.75) is 39.4 Å². The Balaban J connectivity index is 1.87. The van der Waals surface area contributed by atoms with Crippen LogP contribution in [-0.2, 0) is 24.4 Å². The topological polar surface area (TPSA) is 81.2 Å². The van der Waals surface area contributed by atoms with Gasteiger partial charge in [-0.3, -0.25) is 19.1 Å². The van der Waals surface area contributed by atoms with Gasteiger partial charge in [0, 0.05) is 6.54 Å². The highest BCUT2D eigenvalue weighted by Crippen LogP contribution is 2.16. The van der Waals surface area contributed by atoms with Crippen LogP contribution in [0.25, 0.3) is 10.9 Å². The van der Waals surface area contributed by atoms with E-state index in [2.05, 4.69) is 48.0 Å². The lowest BCUT2D eigenvalue weighted by Gasteiger charge is -2.19. The number of rotatable bonds is 7. The lowest BCUT2D eigenvalue weighted by molar-refractivity contribution is -0.118. The van der Waals surface area contributed by atoms with Crippen molar-refractivity contribution < 1.29 is 4.79 Å². The molecule has 1 heterocycles. The zero-order valence-electron chi connectivity index (χ0n) is 16.6. The van der Waals surface area contributed by atoms with E-state index in [4.69, 9.17) is 5.73 Å². The zero-order chi connectivity index (χ0) is 20.3. The maximum absolute atomic E-state index is 12.8. The van der Waals surface area contributed by atoms with Crippen LogP contribution in [0.4, 0.5) is 0 Å². The Morgan fingerprint density at radius 1 is 1.11 bits per heavy atom. The molecule has 3 rings (SSSR count). The highest BCUT2D eigenvalue weighted by Gasteiger charge is 2.14. The van der Waals surface area contributed by atoms with Crippen molar-refractivity contribution in [2.75, 3.05) is 7.05 Å². The summed E-state index contributed by atoms with van der Waals surface area (Å²) in [5.41, 5.74) is 8.22. The molecule has 2 N–H and O–H groups in total. The largest absolute Gasteiger partial charge is 0.368 e. The fraction of sp³-hybridized carbons (Fsp3) is 0.318. The number of hydrogen-bond donors (Lipinski definition) is 1. The van der Waals surface area contributed by atoms with Gasteiger partial charge in [0.25, 0.3) is 5.56 Å². The molecule has 0 radical (unpaired) electrons. The van der Waals surface area contributed by atoms with Crippen molar-refractivity contribution in [1.29, 1.82) is 0 Å². The number of fused-ring (bicyclic) bond motifs is 1. The second-order valence-corrected chi connectivity index (χ2v) is 7.47. The summed E-state index contributed by atoms with van der Waals surface area (Å²) in [6.45, 7) is 5.30. The first kappa shape index (κ1) is 19.8. The molecule has 0 saturated carbocycles. The van der Waals surface area contributed by atoms with E-state index < -0.39 is 5.91 Å². The van der Waals surface area contributed by atoms with E-state index >= 15 is 0 Å². The minimum absolute atomic E-state index is 0.178. The molecule has 0 atom stereocenters. The average Bonchev–Trinajstić information content (AvgIpc) is 2.65. The zero-order valence-corrected chi connectivity index (χ0v) is 16.6. The van der Waals surface area contributed by atoms with E-state index in [0.29, 0.717) is 35.7 Å². The van der Waals surface area contributed by atoms with Crippen molar-refractivity contribution in [2.24, 2.45) is 5.73 Å². The van der Waals surface area contributed by atoms with Crippen molar-refractivity contribution in [3.05, 3.63) is 75.8 Å². The van der Waals surface area contributed by atoms with Crippen molar-refractivity contribution in [1.82, 2.24) is 14.5 Å². The second-order valence-electron chi connectivity index (χ2n) is 7.47. The fourth-order valence-electron chi connectivity index (χ4n) is 3.27. The third-order valence-electron chi connectivity index (χ3n) is 4.76. The third kappa shape index (κ3) is 4.46. The minimum Gasteiger partial charge on any atom is -0.368 e. The Labute approximate surface area is 164 Å². The molecule has 0 aliphatic heterocycles. The fourth-order valence-corrected chi connectivity index (χ4v) is 3.27. The number of hydrogen-bond acceptors (Lipinski definition) is 4. The van der Waals surface area contributed by atoms with Gasteiger partial charge in [-0.05, 0) is 36.2 Å². The standard InChI is InChI=1S/C22H26N4O2/c1-15(2)17-10-8-16(9-11-17)12-25(3)14-21-24-19-7-5-4-6-18(19)22(28)26(21)13-20(23)27/h4-11,15H,12-14H2,1-3H3,(H2,23,27). The normalized spacial score (nSPS) is 11.5. The lowest BCUT2D eigenvalue weighted by atomic mass is 10.0. The van der Waals surface area contributed by atoms with Crippen LogP contribution in [0.5, 0.6) is 0 Å².